The average Bonchev–Trinajstić information content (AvgIpc) is 2.14. The third kappa shape index (κ3) is 2.12. The first-order valence-electron chi connectivity index (χ1n) is 5.36. The highest BCUT2D eigenvalue weighted by molar-refractivity contribution is 5.12. The van der Waals surface area contributed by atoms with Crippen LogP contribution in [0.1, 0.15) is 60.3 Å². The predicted octanol–water partition coefficient (Wildman–Crippen LogP) is 4.56. The molecule has 0 amide bonds. The van der Waals surface area contributed by atoms with Gasteiger partial charge in [-0.15, -0.1) is 0 Å². The second kappa shape index (κ2) is 5.40. The van der Waals surface area contributed by atoms with Gasteiger partial charge in [-0.1, -0.05) is 39.3 Å². The SMILES string of the molecule is CC=C(CC)C(CC)(CC)CC. The van der Waals surface area contributed by atoms with E-state index in [1.54, 1.807) is 5.57 Å². The lowest BCUT2D eigenvalue weighted by Gasteiger charge is -2.33. The van der Waals surface area contributed by atoms with E-state index in [-0.39, 0.29) is 0 Å². The Kier molecular flexibility index (Phi) is 5.28. The number of hydrogen-bond acceptors (Lipinski definition) is 0. The van der Waals surface area contributed by atoms with E-state index >= 15 is 0 Å². The Hall–Kier alpha value is -0.260. The summed E-state index contributed by atoms with van der Waals surface area (Å²) in [5.41, 5.74) is 2.15. The molecule has 0 bridgehead atoms. The van der Waals surface area contributed by atoms with Crippen LogP contribution in [0.15, 0.2) is 11.6 Å². The van der Waals surface area contributed by atoms with Crippen LogP contribution in [-0.4, -0.2) is 0 Å². The molecule has 0 aliphatic rings. The minimum absolute atomic E-state index is 0.503. The maximum Gasteiger partial charge on any atom is -0.00961 e. The Balaban J connectivity index is 4.68. The Morgan fingerprint density at radius 1 is 1.00 bits per heavy atom. The molecule has 72 valence electrons. The van der Waals surface area contributed by atoms with Gasteiger partial charge in [-0.2, -0.15) is 0 Å². The van der Waals surface area contributed by atoms with Crippen molar-refractivity contribution < 1.29 is 0 Å². The summed E-state index contributed by atoms with van der Waals surface area (Å²) in [4.78, 5) is 0. The molecule has 0 aromatic carbocycles. The highest BCUT2D eigenvalue weighted by Crippen LogP contribution is 2.39. The summed E-state index contributed by atoms with van der Waals surface area (Å²) < 4.78 is 0. The zero-order chi connectivity index (χ0) is 9.61. The molecule has 0 aromatic rings. The first kappa shape index (κ1) is 11.7. The van der Waals surface area contributed by atoms with Crippen molar-refractivity contribution >= 4 is 0 Å². The minimum Gasteiger partial charge on any atom is -0.0879 e. The van der Waals surface area contributed by atoms with E-state index in [2.05, 4.69) is 40.7 Å². The van der Waals surface area contributed by atoms with Gasteiger partial charge in [-0.3, -0.25) is 0 Å². The Labute approximate surface area is 78.1 Å². The topological polar surface area (TPSA) is 0 Å². The van der Waals surface area contributed by atoms with Gasteiger partial charge >= 0.3 is 0 Å². The average molecular weight is 168 g/mol. The standard InChI is InChI=1S/C12H24/c1-6-11(7-2)12(8-3,9-4)10-5/h6H,7-10H2,1-5H3. The molecule has 0 heterocycles. The first-order valence-corrected chi connectivity index (χ1v) is 5.36. The van der Waals surface area contributed by atoms with E-state index in [9.17, 15) is 0 Å². The van der Waals surface area contributed by atoms with Crippen LogP contribution in [0.5, 0.6) is 0 Å². The van der Waals surface area contributed by atoms with Crippen molar-refractivity contribution in [3.8, 4) is 0 Å². The lowest BCUT2D eigenvalue weighted by molar-refractivity contribution is 0.306. The van der Waals surface area contributed by atoms with Gasteiger partial charge < -0.3 is 0 Å². The fourth-order valence-corrected chi connectivity index (χ4v) is 2.32. The first-order chi connectivity index (χ1) is 5.70. The lowest BCUT2D eigenvalue weighted by atomic mass is 9.72. The molecule has 0 N–H and O–H groups in total. The van der Waals surface area contributed by atoms with Gasteiger partial charge in [0.2, 0.25) is 0 Å². The second-order valence-corrected chi connectivity index (χ2v) is 3.51. The fraction of sp³-hybridized carbons (Fsp3) is 0.833. The van der Waals surface area contributed by atoms with Gasteiger partial charge in [-0.05, 0) is 38.0 Å². The van der Waals surface area contributed by atoms with Gasteiger partial charge in [-0.25, -0.2) is 0 Å². The van der Waals surface area contributed by atoms with Gasteiger partial charge in [0, 0.05) is 0 Å². The third-order valence-corrected chi connectivity index (χ3v) is 3.44. The summed E-state index contributed by atoms with van der Waals surface area (Å²) in [6.45, 7) is 11.4. The maximum atomic E-state index is 2.32. The molecule has 12 heavy (non-hydrogen) atoms. The summed E-state index contributed by atoms with van der Waals surface area (Å²) in [6, 6.07) is 0. The van der Waals surface area contributed by atoms with E-state index < -0.39 is 0 Å². The van der Waals surface area contributed by atoms with Crippen LogP contribution in [0.2, 0.25) is 0 Å². The zero-order valence-corrected chi connectivity index (χ0v) is 9.41. The molecule has 0 fully saturated rings. The lowest BCUT2D eigenvalue weighted by Crippen LogP contribution is -2.20. The maximum absolute atomic E-state index is 2.32. The molecule has 0 aliphatic heterocycles. The van der Waals surface area contributed by atoms with E-state index in [0.717, 1.165) is 0 Å². The monoisotopic (exact) mass is 168 g/mol. The Bertz CT molecular complexity index is 130. The van der Waals surface area contributed by atoms with Crippen molar-refractivity contribution in [3.63, 3.8) is 0 Å². The molecular formula is C12H24. The van der Waals surface area contributed by atoms with E-state index in [1.165, 1.54) is 25.7 Å². The molecule has 0 atom stereocenters. The molecular weight excluding hydrogens is 144 g/mol. The minimum atomic E-state index is 0.503. The van der Waals surface area contributed by atoms with Gasteiger partial charge in [0.1, 0.15) is 0 Å². The van der Waals surface area contributed by atoms with Gasteiger partial charge in [0.25, 0.3) is 0 Å². The molecule has 0 aromatic heterocycles. The van der Waals surface area contributed by atoms with Gasteiger partial charge in [0.15, 0.2) is 0 Å². The predicted molar refractivity (Wildman–Crippen MR) is 57.4 cm³/mol. The summed E-state index contributed by atoms with van der Waals surface area (Å²) in [5.74, 6) is 0. The van der Waals surface area contributed by atoms with Crippen LogP contribution in [-0.2, 0) is 0 Å². The van der Waals surface area contributed by atoms with Crippen molar-refractivity contribution in [2.75, 3.05) is 0 Å². The van der Waals surface area contributed by atoms with Crippen molar-refractivity contribution in [1.82, 2.24) is 0 Å². The second-order valence-electron chi connectivity index (χ2n) is 3.51. The zero-order valence-electron chi connectivity index (χ0n) is 9.41. The smallest absolute Gasteiger partial charge is 0.00961 e. The quantitative estimate of drug-likeness (QED) is 0.528. The van der Waals surface area contributed by atoms with Crippen molar-refractivity contribution in [2.24, 2.45) is 5.41 Å². The van der Waals surface area contributed by atoms with Crippen LogP contribution in [0.25, 0.3) is 0 Å². The van der Waals surface area contributed by atoms with Crippen LogP contribution in [0.3, 0.4) is 0 Å². The summed E-state index contributed by atoms with van der Waals surface area (Å²) in [5, 5.41) is 0. The van der Waals surface area contributed by atoms with E-state index in [0.29, 0.717) is 5.41 Å². The van der Waals surface area contributed by atoms with Crippen LogP contribution < -0.4 is 0 Å². The van der Waals surface area contributed by atoms with E-state index in [4.69, 9.17) is 0 Å². The molecule has 0 aliphatic carbocycles. The Morgan fingerprint density at radius 2 is 1.42 bits per heavy atom. The molecule has 0 rings (SSSR count). The number of allylic oxidation sites excluding steroid dienone is 2. The molecule has 0 radical (unpaired) electrons. The Morgan fingerprint density at radius 3 is 1.50 bits per heavy atom. The van der Waals surface area contributed by atoms with Crippen molar-refractivity contribution in [1.29, 1.82) is 0 Å². The molecule has 0 unspecified atom stereocenters. The molecule has 0 nitrogen and oxygen atoms in total. The highest BCUT2D eigenvalue weighted by atomic mass is 14.3. The van der Waals surface area contributed by atoms with Crippen LogP contribution in [0, 0.1) is 5.41 Å². The fourth-order valence-electron chi connectivity index (χ4n) is 2.32. The molecule has 0 heteroatoms. The molecule has 0 saturated heterocycles. The number of rotatable bonds is 5. The highest BCUT2D eigenvalue weighted by Gasteiger charge is 2.26. The largest absolute Gasteiger partial charge is 0.0879 e. The van der Waals surface area contributed by atoms with Crippen molar-refractivity contribution in [3.05, 3.63) is 11.6 Å². The summed E-state index contributed by atoms with van der Waals surface area (Å²) in [7, 11) is 0. The molecule has 0 spiro atoms. The third-order valence-electron chi connectivity index (χ3n) is 3.44. The summed E-state index contributed by atoms with van der Waals surface area (Å²) in [6.07, 6.45) is 7.39. The number of hydrogen-bond donors (Lipinski definition) is 0. The van der Waals surface area contributed by atoms with Crippen molar-refractivity contribution in [2.45, 2.75) is 60.3 Å². The molecule has 0 saturated carbocycles. The summed E-state index contributed by atoms with van der Waals surface area (Å²) >= 11 is 0. The normalized spacial score (nSPS) is 13.6. The van der Waals surface area contributed by atoms with Crippen LogP contribution >= 0.6 is 0 Å². The van der Waals surface area contributed by atoms with Gasteiger partial charge in [0.05, 0.1) is 0 Å². The van der Waals surface area contributed by atoms with E-state index in [1.807, 2.05) is 0 Å². The van der Waals surface area contributed by atoms with Crippen LogP contribution in [0.4, 0.5) is 0 Å².